The van der Waals surface area contributed by atoms with Gasteiger partial charge in [-0.05, 0) is 36.8 Å². The molecule has 9 heteroatoms. The van der Waals surface area contributed by atoms with Crippen LogP contribution in [0.5, 0.6) is 0 Å². The van der Waals surface area contributed by atoms with E-state index in [1.807, 2.05) is 31.2 Å². The summed E-state index contributed by atoms with van der Waals surface area (Å²) in [6, 6.07) is 9.55. The Balaban J connectivity index is 1.69. The zero-order valence-electron chi connectivity index (χ0n) is 12.6. The van der Waals surface area contributed by atoms with Crippen LogP contribution in [0.1, 0.15) is 24.2 Å². The molecule has 6 nitrogen and oxygen atoms in total. The van der Waals surface area contributed by atoms with Crippen molar-refractivity contribution >= 4 is 5.82 Å². The molecule has 1 N–H and O–H groups in total. The lowest BCUT2D eigenvalue weighted by Gasteiger charge is -2.15. The van der Waals surface area contributed by atoms with Gasteiger partial charge in [0.1, 0.15) is 18.5 Å². The molecule has 0 radical (unpaired) electrons. The van der Waals surface area contributed by atoms with Crippen LogP contribution in [0.15, 0.2) is 49.1 Å². The van der Waals surface area contributed by atoms with Crippen molar-refractivity contribution in [3.63, 3.8) is 0 Å². The number of aromatic nitrogens is 5. The van der Waals surface area contributed by atoms with E-state index in [0.717, 1.165) is 17.3 Å². The second-order valence-corrected chi connectivity index (χ2v) is 5.10. The molecule has 24 heavy (non-hydrogen) atoms. The summed E-state index contributed by atoms with van der Waals surface area (Å²) in [5, 5.41) is 13.8. The minimum atomic E-state index is -4.49. The SMILES string of the molecule is CC(Nc1ccc(C(F)(F)F)nn1)c1ccc(-n2cncn2)cc1. The molecule has 0 aliphatic carbocycles. The van der Waals surface area contributed by atoms with E-state index in [0.29, 0.717) is 0 Å². The molecule has 1 aromatic carbocycles. The predicted molar refractivity (Wildman–Crippen MR) is 80.4 cm³/mol. The van der Waals surface area contributed by atoms with Gasteiger partial charge in [0.15, 0.2) is 5.69 Å². The smallest absolute Gasteiger partial charge is 0.362 e. The number of anilines is 1. The first-order chi connectivity index (χ1) is 11.4. The van der Waals surface area contributed by atoms with Crippen LogP contribution in [0.25, 0.3) is 5.69 Å². The summed E-state index contributed by atoms with van der Waals surface area (Å²) >= 11 is 0. The number of hydrogen-bond acceptors (Lipinski definition) is 5. The van der Waals surface area contributed by atoms with Crippen molar-refractivity contribution in [1.29, 1.82) is 0 Å². The molecule has 0 saturated carbocycles. The van der Waals surface area contributed by atoms with Gasteiger partial charge in [0.05, 0.1) is 11.7 Å². The summed E-state index contributed by atoms with van der Waals surface area (Å²) in [5.41, 5.74) is 0.788. The van der Waals surface area contributed by atoms with Gasteiger partial charge in [-0.15, -0.1) is 10.2 Å². The number of halogens is 3. The second kappa shape index (κ2) is 6.26. The normalized spacial score (nSPS) is 12.8. The quantitative estimate of drug-likeness (QED) is 0.793. The Labute approximate surface area is 135 Å². The third-order valence-corrected chi connectivity index (χ3v) is 3.40. The fourth-order valence-corrected chi connectivity index (χ4v) is 2.12. The van der Waals surface area contributed by atoms with E-state index in [4.69, 9.17) is 0 Å². The second-order valence-electron chi connectivity index (χ2n) is 5.10. The highest BCUT2D eigenvalue weighted by Gasteiger charge is 2.32. The van der Waals surface area contributed by atoms with Gasteiger partial charge in [-0.2, -0.15) is 18.3 Å². The van der Waals surface area contributed by atoms with Gasteiger partial charge in [0.2, 0.25) is 0 Å². The number of hydrogen-bond donors (Lipinski definition) is 1. The summed E-state index contributed by atoms with van der Waals surface area (Å²) in [6.07, 6.45) is -1.45. The van der Waals surface area contributed by atoms with Crippen molar-refractivity contribution in [2.45, 2.75) is 19.1 Å². The maximum Gasteiger partial charge on any atom is 0.435 e. The van der Waals surface area contributed by atoms with Crippen molar-refractivity contribution in [3.8, 4) is 5.69 Å². The molecule has 1 atom stereocenters. The van der Waals surface area contributed by atoms with Crippen LogP contribution in [0.2, 0.25) is 0 Å². The molecule has 0 aliphatic heterocycles. The van der Waals surface area contributed by atoms with Crippen molar-refractivity contribution < 1.29 is 13.2 Å². The molecular formula is C15H13F3N6. The maximum atomic E-state index is 12.5. The Morgan fingerprint density at radius 1 is 1.04 bits per heavy atom. The highest BCUT2D eigenvalue weighted by atomic mass is 19.4. The van der Waals surface area contributed by atoms with E-state index in [9.17, 15) is 13.2 Å². The fraction of sp³-hybridized carbons (Fsp3) is 0.200. The van der Waals surface area contributed by atoms with E-state index >= 15 is 0 Å². The summed E-state index contributed by atoms with van der Waals surface area (Å²) in [6.45, 7) is 1.88. The van der Waals surface area contributed by atoms with Gasteiger partial charge >= 0.3 is 6.18 Å². The van der Waals surface area contributed by atoms with Crippen molar-refractivity contribution in [3.05, 3.63) is 60.3 Å². The van der Waals surface area contributed by atoms with Crippen molar-refractivity contribution in [2.24, 2.45) is 0 Å². The molecule has 0 amide bonds. The van der Waals surface area contributed by atoms with E-state index in [1.165, 1.54) is 12.4 Å². The minimum Gasteiger partial charge on any atom is -0.362 e. The summed E-state index contributed by atoms with van der Waals surface area (Å²) in [7, 11) is 0. The highest BCUT2D eigenvalue weighted by Crippen LogP contribution is 2.27. The highest BCUT2D eigenvalue weighted by molar-refractivity contribution is 5.40. The largest absolute Gasteiger partial charge is 0.435 e. The molecule has 0 saturated heterocycles. The van der Waals surface area contributed by atoms with Gasteiger partial charge < -0.3 is 5.32 Å². The molecule has 3 aromatic rings. The number of rotatable bonds is 4. The molecule has 2 heterocycles. The number of alkyl halides is 3. The number of nitrogens with zero attached hydrogens (tertiary/aromatic N) is 5. The van der Waals surface area contributed by atoms with E-state index in [-0.39, 0.29) is 11.9 Å². The molecule has 2 aromatic heterocycles. The minimum absolute atomic E-state index is 0.152. The molecule has 0 bridgehead atoms. The Morgan fingerprint density at radius 2 is 1.79 bits per heavy atom. The van der Waals surface area contributed by atoms with Crippen LogP contribution >= 0.6 is 0 Å². The Bertz CT molecular complexity index is 782. The number of nitrogens with one attached hydrogen (secondary N) is 1. The number of benzene rings is 1. The first-order valence-electron chi connectivity index (χ1n) is 7.06. The Morgan fingerprint density at radius 3 is 2.33 bits per heavy atom. The van der Waals surface area contributed by atoms with Crippen LogP contribution in [0.4, 0.5) is 19.0 Å². The average molecular weight is 334 g/mol. The molecule has 0 aliphatic rings. The zero-order chi connectivity index (χ0) is 17.2. The van der Waals surface area contributed by atoms with E-state index in [1.54, 1.807) is 11.0 Å². The summed E-state index contributed by atoms with van der Waals surface area (Å²) in [4.78, 5) is 3.88. The summed E-state index contributed by atoms with van der Waals surface area (Å²) < 4.78 is 39.0. The lowest BCUT2D eigenvalue weighted by Crippen LogP contribution is -2.12. The Hall–Kier alpha value is -2.97. The average Bonchev–Trinajstić information content (AvgIpc) is 3.09. The lowest BCUT2D eigenvalue weighted by atomic mass is 10.1. The monoisotopic (exact) mass is 334 g/mol. The first kappa shape index (κ1) is 15.9. The topological polar surface area (TPSA) is 68.5 Å². The lowest BCUT2D eigenvalue weighted by molar-refractivity contribution is -0.141. The van der Waals surface area contributed by atoms with Gasteiger partial charge in [-0.25, -0.2) is 9.67 Å². The van der Waals surface area contributed by atoms with Gasteiger partial charge in [-0.3, -0.25) is 0 Å². The standard InChI is InChI=1S/C15H13F3N6/c1-10(21-14-7-6-13(22-23-14)15(16,17)18)11-2-4-12(5-3-11)24-9-19-8-20-24/h2-10H,1H3,(H,21,23). The van der Waals surface area contributed by atoms with Gasteiger partial charge in [-0.1, -0.05) is 12.1 Å². The first-order valence-corrected chi connectivity index (χ1v) is 7.06. The molecule has 0 fully saturated rings. The summed E-state index contributed by atoms with van der Waals surface area (Å²) in [5.74, 6) is 0.274. The van der Waals surface area contributed by atoms with E-state index in [2.05, 4.69) is 25.6 Å². The Kier molecular flexibility index (Phi) is 4.15. The van der Waals surface area contributed by atoms with Crippen LogP contribution in [0, 0.1) is 0 Å². The third-order valence-electron chi connectivity index (χ3n) is 3.40. The fourth-order valence-electron chi connectivity index (χ4n) is 2.12. The zero-order valence-corrected chi connectivity index (χ0v) is 12.6. The van der Waals surface area contributed by atoms with Crippen LogP contribution in [-0.2, 0) is 6.18 Å². The maximum absolute atomic E-state index is 12.5. The molecule has 3 rings (SSSR count). The van der Waals surface area contributed by atoms with Gasteiger partial charge in [0, 0.05) is 0 Å². The predicted octanol–water partition coefficient (Wildman–Crippen LogP) is 3.25. The van der Waals surface area contributed by atoms with Gasteiger partial charge in [0.25, 0.3) is 0 Å². The van der Waals surface area contributed by atoms with Crippen molar-refractivity contribution in [1.82, 2.24) is 25.0 Å². The van der Waals surface area contributed by atoms with Crippen LogP contribution < -0.4 is 5.32 Å². The molecule has 124 valence electrons. The van der Waals surface area contributed by atoms with Crippen molar-refractivity contribution in [2.75, 3.05) is 5.32 Å². The molecule has 0 spiro atoms. The molecular weight excluding hydrogens is 321 g/mol. The van der Waals surface area contributed by atoms with E-state index < -0.39 is 11.9 Å². The van der Waals surface area contributed by atoms with Crippen LogP contribution in [-0.4, -0.2) is 25.0 Å². The molecule has 1 unspecified atom stereocenters. The third kappa shape index (κ3) is 3.50. The van der Waals surface area contributed by atoms with Crippen LogP contribution in [0.3, 0.4) is 0 Å².